The van der Waals surface area contributed by atoms with E-state index >= 15 is 0 Å². The molecule has 0 atom stereocenters. The lowest BCUT2D eigenvalue weighted by atomic mass is 9.98. The molecule has 0 bridgehead atoms. The Balaban J connectivity index is 2.83. The van der Waals surface area contributed by atoms with Crippen LogP contribution in [0.3, 0.4) is 0 Å². The summed E-state index contributed by atoms with van der Waals surface area (Å²) in [5.74, 6) is 0.649. The van der Waals surface area contributed by atoms with Gasteiger partial charge in [-0.3, -0.25) is 4.79 Å². The summed E-state index contributed by atoms with van der Waals surface area (Å²) in [4.78, 5) is 11.7. The minimum absolute atomic E-state index is 0.226. The quantitative estimate of drug-likeness (QED) is 0.645. The summed E-state index contributed by atoms with van der Waals surface area (Å²) >= 11 is 0. The molecule has 1 nitrogen and oxygen atoms in total. The van der Waals surface area contributed by atoms with E-state index in [9.17, 15) is 4.79 Å². The molecule has 1 aromatic carbocycles. The van der Waals surface area contributed by atoms with Crippen LogP contribution in [0.1, 0.15) is 36.2 Å². The van der Waals surface area contributed by atoms with E-state index in [2.05, 4.69) is 19.9 Å². The zero-order valence-electron chi connectivity index (χ0n) is 8.42. The van der Waals surface area contributed by atoms with Crippen LogP contribution in [0.15, 0.2) is 18.2 Å². The van der Waals surface area contributed by atoms with Crippen molar-refractivity contribution in [2.45, 2.75) is 27.2 Å². The normalized spacial score (nSPS) is 10.5. The Labute approximate surface area is 79.8 Å². The minimum atomic E-state index is 0.226. The zero-order valence-corrected chi connectivity index (χ0v) is 8.42. The highest BCUT2D eigenvalue weighted by atomic mass is 16.1. The lowest BCUT2D eigenvalue weighted by Gasteiger charge is -2.05. The van der Waals surface area contributed by atoms with Gasteiger partial charge in [0.05, 0.1) is 0 Å². The molecule has 13 heavy (non-hydrogen) atoms. The number of rotatable bonds is 3. The van der Waals surface area contributed by atoms with Gasteiger partial charge in [0.15, 0.2) is 5.78 Å². The van der Waals surface area contributed by atoms with Crippen molar-refractivity contribution >= 4 is 5.78 Å². The monoisotopic (exact) mass is 175 g/mol. The van der Waals surface area contributed by atoms with Gasteiger partial charge in [-0.15, -0.1) is 0 Å². The lowest BCUT2D eigenvalue weighted by Crippen LogP contribution is -2.05. The first kappa shape index (κ1) is 9.97. The van der Waals surface area contributed by atoms with Crippen LogP contribution in [-0.2, 0) is 0 Å². The summed E-state index contributed by atoms with van der Waals surface area (Å²) in [7, 11) is 0. The number of hydrogen-bond acceptors (Lipinski definition) is 1. The van der Waals surface area contributed by atoms with Crippen molar-refractivity contribution in [1.82, 2.24) is 0 Å². The van der Waals surface area contributed by atoms with Gasteiger partial charge >= 0.3 is 0 Å². The molecule has 0 N–H and O–H groups in total. The Morgan fingerprint density at radius 3 is 2.77 bits per heavy atom. The van der Waals surface area contributed by atoms with Crippen LogP contribution >= 0.6 is 0 Å². The van der Waals surface area contributed by atoms with Crippen LogP contribution in [-0.4, -0.2) is 5.78 Å². The van der Waals surface area contributed by atoms with Gasteiger partial charge < -0.3 is 0 Å². The first-order valence-electron chi connectivity index (χ1n) is 4.61. The second-order valence-corrected chi connectivity index (χ2v) is 3.73. The predicted octanol–water partition coefficient (Wildman–Crippen LogP) is 3.02. The van der Waals surface area contributed by atoms with Gasteiger partial charge in [0, 0.05) is 12.0 Å². The summed E-state index contributed by atoms with van der Waals surface area (Å²) in [6, 6.07) is 8.60. The summed E-state index contributed by atoms with van der Waals surface area (Å²) in [5.41, 5.74) is 1.77. The molecule has 1 radical (unpaired) electrons. The molecule has 0 saturated heterocycles. The van der Waals surface area contributed by atoms with Crippen molar-refractivity contribution < 1.29 is 4.79 Å². The number of hydrogen-bond donors (Lipinski definition) is 0. The van der Waals surface area contributed by atoms with Crippen LogP contribution in [0.4, 0.5) is 0 Å². The highest BCUT2D eigenvalue weighted by molar-refractivity contribution is 5.97. The third-order valence-electron chi connectivity index (χ3n) is 1.96. The van der Waals surface area contributed by atoms with Crippen LogP contribution in [0, 0.1) is 18.9 Å². The number of aryl methyl sites for hydroxylation is 1. The average molecular weight is 175 g/mol. The second-order valence-electron chi connectivity index (χ2n) is 3.73. The molecule has 0 unspecified atom stereocenters. The first-order chi connectivity index (χ1) is 6.11. The lowest BCUT2D eigenvalue weighted by molar-refractivity contribution is 0.0967. The molecule has 0 amide bonds. The third-order valence-corrected chi connectivity index (χ3v) is 1.96. The molecule has 0 aliphatic rings. The maximum atomic E-state index is 11.7. The maximum Gasteiger partial charge on any atom is 0.163 e. The smallest absolute Gasteiger partial charge is 0.163 e. The van der Waals surface area contributed by atoms with Crippen LogP contribution in [0.25, 0.3) is 0 Å². The number of carbonyl (C=O) groups is 1. The molecule has 69 valence electrons. The van der Waals surface area contributed by atoms with Crippen molar-refractivity contribution in [1.29, 1.82) is 0 Å². The maximum absolute atomic E-state index is 11.7. The van der Waals surface area contributed by atoms with E-state index in [1.165, 1.54) is 0 Å². The van der Waals surface area contributed by atoms with Gasteiger partial charge in [-0.2, -0.15) is 0 Å². The number of benzene rings is 1. The fraction of sp³-hybridized carbons (Fsp3) is 0.417. The second kappa shape index (κ2) is 4.22. The van der Waals surface area contributed by atoms with E-state index in [-0.39, 0.29) is 5.78 Å². The summed E-state index contributed by atoms with van der Waals surface area (Å²) in [6.45, 7) is 6.04. The fourth-order valence-electron chi connectivity index (χ4n) is 1.30. The van der Waals surface area contributed by atoms with E-state index in [0.717, 1.165) is 11.1 Å². The number of carbonyl (C=O) groups excluding carboxylic acids is 1. The zero-order chi connectivity index (χ0) is 9.84. The summed E-state index contributed by atoms with van der Waals surface area (Å²) in [5, 5.41) is 0. The third kappa shape index (κ3) is 2.69. The number of ketones is 1. The average Bonchev–Trinajstić information content (AvgIpc) is 2.03. The van der Waals surface area contributed by atoms with E-state index in [1.54, 1.807) is 0 Å². The molecule has 1 aromatic rings. The van der Waals surface area contributed by atoms with Gasteiger partial charge in [0.25, 0.3) is 0 Å². The molecule has 0 aromatic heterocycles. The molecule has 1 rings (SSSR count). The van der Waals surface area contributed by atoms with E-state index < -0.39 is 0 Å². The van der Waals surface area contributed by atoms with E-state index in [4.69, 9.17) is 0 Å². The summed E-state index contributed by atoms with van der Waals surface area (Å²) in [6.07, 6.45) is 0.624. The Morgan fingerprint density at radius 1 is 1.54 bits per heavy atom. The number of Topliss-reactive ketones (excluding diaryl/α,β-unsaturated/α-hetero) is 1. The molecule has 0 aliphatic carbocycles. The molecule has 0 saturated carbocycles. The van der Waals surface area contributed by atoms with Crippen molar-refractivity contribution in [2.24, 2.45) is 5.92 Å². The van der Waals surface area contributed by atoms with Crippen LogP contribution < -0.4 is 0 Å². The van der Waals surface area contributed by atoms with E-state index in [0.29, 0.717) is 12.3 Å². The first-order valence-corrected chi connectivity index (χ1v) is 4.61. The van der Waals surface area contributed by atoms with Crippen molar-refractivity contribution in [3.05, 3.63) is 35.4 Å². The predicted molar refractivity (Wildman–Crippen MR) is 53.8 cm³/mol. The highest BCUT2D eigenvalue weighted by Crippen LogP contribution is 2.12. The molecule has 1 heteroatoms. The van der Waals surface area contributed by atoms with Gasteiger partial charge in [0.2, 0.25) is 0 Å². The van der Waals surface area contributed by atoms with Crippen molar-refractivity contribution in [3.8, 4) is 0 Å². The van der Waals surface area contributed by atoms with Crippen molar-refractivity contribution in [3.63, 3.8) is 0 Å². The van der Waals surface area contributed by atoms with Gasteiger partial charge in [-0.05, 0) is 24.5 Å². The van der Waals surface area contributed by atoms with Gasteiger partial charge in [-0.25, -0.2) is 0 Å². The van der Waals surface area contributed by atoms with Gasteiger partial charge in [-0.1, -0.05) is 32.0 Å². The molecule has 0 fully saturated rings. The van der Waals surface area contributed by atoms with Crippen LogP contribution in [0.5, 0.6) is 0 Å². The van der Waals surface area contributed by atoms with E-state index in [1.807, 2.05) is 25.1 Å². The standard InChI is InChI=1S/C12H15O/c1-9(2)8-12(13)11-7-5-4-6-10(11)3/h4-5,7,9H,8H2,1-3H3. The Bertz CT molecular complexity index is 300. The molecule has 0 spiro atoms. The summed E-state index contributed by atoms with van der Waals surface area (Å²) < 4.78 is 0. The Morgan fingerprint density at radius 2 is 2.23 bits per heavy atom. The van der Waals surface area contributed by atoms with Crippen molar-refractivity contribution in [2.75, 3.05) is 0 Å². The SMILES string of the molecule is Cc1[c]cccc1C(=O)CC(C)C. The fourth-order valence-corrected chi connectivity index (χ4v) is 1.30. The Hall–Kier alpha value is -1.11. The van der Waals surface area contributed by atoms with Crippen LogP contribution in [0.2, 0.25) is 0 Å². The highest BCUT2D eigenvalue weighted by Gasteiger charge is 2.09. The minimum Gasteiger partial charge on any atom is -0.294 e. The topological polar surface area (TPSA) is 17.1 Å². The molecular formula is C12H15O. The molecular weight excluding hydrogens is 160 g/mol. The Kier molecular flexibility index (Phi) is 3.24. The van der Waals surface area contributed by atoms with Gasteiger partial charge in [0.1, 0.15) is 0 Å². The molecule has 0 aliphatic heterocycles. The molecule has 0 heterocycles. The largest absolute Gasteiger partial charge is 0.294 e.